The number of hydrogen-bond donors (Lipinski definition) is 1. The number of aliphatic hydroxyl groups is 1. The molecule has 0 aliphatic carbocycles. The lowest BCUT2D eigenvalue weighted by Crippen LogP contribution is -2.58. The maximum absolute atomic E-state index is 14.5. The minimum atomic E-state index is -0.857. The minimum absolute atomic E-state index is 0.0684. The van der Waals surface area contributed by atoms with Crippen LogP contribution >= 0.6 is 23.4 Å². The summed E-state index contributed by atoms with van der Waals surface area (Å²) in [4.78, 5) is 45.0. The van der Waals surface area contributed by atoms with Crippen molar-refractivity contribution in [2.24, 2.45) is 17.8 Å². The zero-order chi connectivity index (χ0) is 26.9. The van der Waals surface area contributed by atoms with Crippen LogP contribution in [0.4, 0.5) is 5.69 Å². The van der Waals surface area contributed by atoms with Crippen LogP contribution in [0, 0.1) is 17.8 Å². The molecule has 0 saturated carbocycles. The van der Waals surface area contributed by atoms with Crippen molar-refractivity contribution >= 4 is 46.8 Å². The van der Waals surface area contributed by atoms with E-state index in [1.165, 1.54) is 6.08 Å². The first kappa shape index (κ1) is 27.7. The van der Waals surface area contributed by atoms with Crippen LogP contribution in [0.2, 0.25) is 5.02 Å². The number of thioether (sulfide) groups is 1. The van der Waals surface area contributed by atoms with Crippen LogP contribution in [0.1, 0.15) is 33.1 Å². The molecule has 4 rings (SSSR count). The monoisotopic (exact) mass is 546 g/mol. The van der Waals surface area contributed by atoms with Crippen LogP contribution in [-0.4, -0.2) is 69.6 Å². The molecule has 7 nitrogen and oxygen atoms in total. The largest absolute Gasteiger partial charge is 0.461 e. The molecule has 3 aliphatic rings. The summed E-state index contributed by atoms with van der Waals surface area (Å²) in [6, 6.07) is 5.68. The van der Waals surface area contributed by atoms with Crippen molar-refractivity contribution in [2.45, 2.75) is 55.2 Å². The minimum Gasteiger partial charge on any atom is -0.461 e. The molecule has 1 aromatic carbocycles. The van der Waals surface area contributed by atoms with Crippen molar-refractivity contribution in [1.29, 1.82) is 0 Å². The van der Waals surface area contributed by atoms with Crippen LogP contribution in [0.15, 0.2) is 49.6 Å². The van der Waals surface area contributed by atoms with Crippen LogP contribution in [0.3, 0.4) is 0 Å². The fraction of sp³-hybridized carbons (Fsp3) is 0.536. The van der Waals surface area contributed by atoms with E-state index in [1.54, 1.807) is 51.9 Å². The first-order valence-electron chi connectivity index (χ1n) is 12.8. The van der Waals surface area contributed by atoms with E-state index in [0.717, 1.165) is 0 Å². The van der Waals surface area contributed by atoms with Gasteiger partial charge in [-0.3, -0.25) is 14.4 Å². The Hall–Kier alpha value is -2.29. The Morgan fingerprint density at radius 3 is 2.68 bits per heavy atom. The molecule has 3 heterocycles. The molecule has 3 saturated heterocycles. The van der Waals surface area contributed by atoms with E-state index in [4.69, 9.17) is 16.3 Å². The summed E-state index contributed by atoms with van der Waals surface area (Å²) in [5.41, 5.74) is 0.533. The Morgan fingerprint density at radius 2 is 2.05 bits per heavy atom. The molecule has 6 atom stereocenters. The molecule has 2 unspecified atom stereocenters. The fourth-order valence-corrected chi connectivity index (χ4v) is 8.77. The summed E-state index contributed by atoms with van der Waals surface area (Å²) in [7, 11) is 0. The molecule has 200 valence electrons. The highest BCUT2D eigenvalue weighted by molar-refractivity contribution is 8.02. The second-order valence-corrected chi connectivity index (χ2v) is 12.4. The number of fused-ring (bicyclic) bond motifs is 1. The van der Waals surface area contributed by atoms with Crippen molar-refractivity contribution < 1.29 is 24.2 Å². The first-order chi connectivity index (χ1) is 17.7. The van der Waals surface area contributed by atoms with Gasteiger partial charge >= 0.3 is 5.97 Å². The third kappa shape index (κ3) is 4.72. The van der Waals surface area contributed by atoms with E-state index in [0.29, 0.717) is 30.0 Å². The first-order valence-corrected chi connectivity index (χ1v) is 14.0. The maximum atomic E-state index is 14.5. The number of para-hydroxylation sites is 1. The number of hydrogen-bond acceptors (Lipinski definition) is 6. The SMILES string of the molecule is C=CCOC(=O)[C@@H]1[C@@H]2CCC3(S2)C(C(=O)N(CC=C)c2ccccc2Cl)N([C@@H](CO)CC(C)C)C(=O)[C@H]13. The van der Waals surface area contributed by atoms with Crippen molar-refractivity contribution in [1.82, 2.24) is 4.90 Å². The van der Waals surface area contributed by atoms with Crippen LogP contribution in [0.5, 0.6) is 0 Å². The van der Waals surface area contributed by atoms with E-state index in [2.05, 4.69) is 13.2 Å². The fourth-order valence-electron chi connectivity index (χ4n) is 6.34. The summed E-state index contributed by atoms with van der Waals surface area (Å²) in [5, 5.41) is 10.7. The summed E-state index contributed by atoms with van der Waals surface area (Å²) in [5.74, 6) is -2.11. The second-order valence-electron chi connectivity index (χ2n) is 10.4. The second kappa shape index (κ2) is 11.2. The number of carbonyl (C=O) groups is 3. The van der Waals surface area contributed by atoms with Gasteiger partial charge in [0, 0.05) is 11.8 Å². The van der Waals surface area contributed by atoms with Gasteiger partial charge in [-0.25, -0.2) is 0 Å². The number of carbonyl (C=O) groups excluding carboxylic acids is 3. The Morgan fingerprint density at radius 1 is 1.32 bits per heavy atom. The van der Waals surface area contributed by atoms with Gasteiger partial charge in [0.2, 0.25) is 5.91 Å². The van der Waals surface area contributed by atoms with Gasteiger partial charge in [-0.1, -0.05) is 56.3 Å². The van der Waals surface area contributed by atoms with Gasteiger partial charge in [0.1, 0.15) is 12.6 Å². The lowest BCUT2D eigenvalue weighted by atomic mass is 9.71. The van der Waals surface area contributed by atoms with Gasteiger partial charge in [-0.15, -0.1) is 18.3 Å². The molecule has 1 N–H and O–H groups in total. The van der Waals surface area contributed by atoms with E-state index < -0.39 is 34.6 Å². The molecule has 0 radical (unpaired) electrons. The number of amides is 2. The highest BCUT2D eigenvalue weighted by Gasteiger charge is 2.74. The Labute approximate surface area is 227 Å². The number of ether oxygens (including phenoxy) is 1. The van der Waals surface area contributed by atoms with Gasteiger partial charge in [0.05, 0.1) is 39.9 Å². The maximum Gasteiger partial charge on any atom is 0.311 e. The van der Waals surface area contributed by atoms with Crippen LogP contribution in [0.25, 0.3) is 0 Å². The van der Waals surface area contributed by atoms with Gasteiger partial charge in [0.25, 0.3) is 5.91 Å². The molecule has 3 aliphatic heterocycles. The molecule has 37 heavy (non-hydrogen) atoms. The van der Waals surface area contributed by atoms with Crippen molar-refractivity contribution in [3.05, 3.63) is 54.6 Å². The number of rotatable bonds is 11. The lowest BCUT2D eigenvalue weighted by Gasteiger charge is -2.40. The Kier molecular flexibility index (Phi) is 8.41. The smallest absolute Gasteiger partial charge is 0.311 e. The zero-order valence-electron chi connectivity index (χ0n) is 21.3. The summed E-state index contributed by atoms with van der Waals surface area (Å²) in [6.45, 7) is 11.5. The van der Waals surface area contributed by atoms with Gasteiger partial charge in [-0.05, 0) is 37.3 Å². The molecule has 1 spiro atoms. The number of aliphatic hydroxyl groups excluding tert-OH is 1. The highest BCUT2D eigenvalue weighted by atomic mass is 35.5. The predicted octanol–water partition coefficient (Wildman–Crippen LogP) is 4.09. The van der Waals surface area contributed by atoms with Crippen molar-refractivity contribution in [2.75, 3.05) is 24.7 Å². The quantitative estimate of drug-likeness (QED) is 0.332. The third-order valence-electron chi connectivity index (χ3n) is 7.66. The molecule has 2 amide bonds. The van der Waals surface area contributed by atoms with Crippen LogP contribution < -0.4 is 4.90 Å². The third-order valence-corrected chi connectivity index (χ3v) is 9.93. The lowest BCUT2D eigenvalue weighted by molar-refractivity contribution is -0.153. The average molecular weight is 547 g/mol. The van der Waals surface area contributed by atoms with E-state index in [1.807, 2.05) is 13.8 Å². The predicted molar refractivity (Wildman–Crippen MR) is 146 cm³/mol. The van der Waals surface area contributed by atoms with Crippen molar-refractivity contribution in [3.8, 4) is 0 Å². The summed E-state index contributed by atoms with van der Waals surface area (Å²) >= 11 is 8.08. The number of benzene rings is 1. The molecular weight excluding hydrogens is 512 g/mol. The molecule has 3 fully saturated rings. The summed E-state index contributed by atoms with van der Waals surface area (Å²) in [6.07, 6.45) is 5.00. The molecule has 0 aromatic heterocycles. The summed E-state index contributed by atoms with van der Waals surface area (Å²) < 4.78 is 4.63. The molecule has 2 bridgehead atoms. The van der Waals surface area contributed by atoms with Gasteiger partial charge < -0.3 is 19.6 Å². The standard InChI is InChI=1S/C28H35ClN2O5S/c1-5-13-30(20-10-8-7-9-19(20)29)26(34)24-28-12-11-21(37-28)22(27(35)36-14-6-2)23(28)25(33)31(24)18(16-32)15-17(3)4/h5-10,17-18,21-24,32H,1-2,11-16H2,3-4H3/t18-,21+,22-,23+,24?,28?/m1/s1. The van der Waals surface area contributed by atoms with E-state index in [-0.39, 0.29) is 42.7 Å². The normalized spacial score (nSPS) is 28.8. The molecule has 9 heteroatoms. The van der Waals surface area contributed by atoms with Gasteiger partial charge in [-0.2, -0.15) is 0 Å². The molecule has 1 aromatic rings. The van der Waals surface area contributed by atoms with Crippen molar-refractivity contribution in [3.63, 3.8) is 0 Å². The topological polar surface area (TPSA) is 87.2 Å². The number of esters is 1. The number of halogens is 1. The van der Waals surface area contributed by atoms with E-state index >= 15 is 0 Å². The average Bonchev–Trinajstić information content (AvgIpc) is 3.52. The zero-order valence-corrected chi connectivity index (χ0v) is 22.9. The van der Waals surface area contributed by atoms with Crippen LogP contribution in [-0.2, 0) is 19.1 Å². The van der Waals surface area contributed by atoms with E-state index in [9.17, 15) is 19.5 Å². The Bertz CT molecular complexity index is 1080. The van der Waals surface area contributed by atoms with Gasteiger partial charge in [0.15, 0.2) is 0 Å². The number of likely N-dealkylation sites (tertiary alicyclic amines) is 1. The Balaban J connectivity index is 1.82. The number of nitrogens with zero attached hydrogens (tertiary/aromatic N) is 2. The molecular formula is C28H35ClN2O5S. The highest BCUT2D eigenvalue weighted by Crippen LogP contribution is 2.67. The number of anilines is 1.